The largest absolute Gasteiger partial charge is 0.497 e. The van der Waals surface area contributed by atoms with Gasteiger partial charge in [-0.2, -0.15) is 0 Å². The van der Waals surface area contributed by atoms with Crippen molar-refractivity contribution in [3.05, 3.63) is 70.8 Å². The summed E-state index contributed by atoms with van der Waals surface area (Å²) in [7, 11) is 1.62. The monoisotopic (exact) mass is 394 g/mol. The van der Waals surface area contributed by atoms with E-state index in [1.54, 1.807) is 37.5 Å². The number of ketones is 1. The number of aliphatic hydroxyl groups excluding tert-OH is 1. The molecule has 0 atom stereocenters. The Kier molecular flexibility index (Phi) is 6.03. The molecule has 1 heterocycles. The van der Waals surface area contributed by atoms with Crippen molar-refractivity contribution in [1.82, 2.24) is 10.6 Å². The first-order valence-corrected chi connectivity index (χ1v) is 9.53. The van der Waals surface area contributed by atoms with Crippen molar-refractivity contribution in [3.8, 4) is 5.75 Å². The van der Waals surface area contributed by atoms with Gasteiger partial charge in [-0.3, -0.25) is 9.59 Å². The summed E-state index contributed by atoms with van der Waals surface area (Å²) in [6.07, 6.45) is 2.44. The summed E-state index contributed by atoms with van der Waals surface area (Å²) in [5, 5.41) is 14.8. The van der Waals surface area contributed by atoms with Crippen LogP contribution >= 0.6 is 0 Å². The van der Waals surface area contributed by atoms with Crippen molar-refractivity contribution in [2.45, 2.75) is 25.8 Å². The second-order valence-electron chi connectivity index (χ2n) is 7.69. The number of ether oxygens (including phenoxy) is 1. The van der Waals surface area contributed by atoms with Gasteiger partial charge in [-0.15, -0.1) is 0 Å². The zero-order chi connectivity index (χ0) is 21.0. The number of methoxy groups -OCH3 is 1. The van der Waals surface area contributed by atoms with Gasteiger partial charge in [0, 0.05) is 40.5 Å². The molecule has 0 bridgehead atoms. The standard InChI is InChI=1S/C23H26N2O4/c1-23(2)14-17-8-9-18(29-3)12-19(17)20(25-23)13-21(27)15-4-6-16(7-5-15)22(28)24-10-11-26/h4-9,12-13,25-26H,10-11,14H2,1-3H3,(H,24,28)/b20-13-. The number of aliphatic hydroxyl groups is 1. The normalized spacial score (nSPS) is 15.9. The molecule has 0 unspecified atom stereocenters. The summed E-state index contributed by atoms with van der Waals surface area (Å²) < 4.78 is 5.34. The smallest absolute Gasteiger partial charge is 0.251 e. The predicted octanol–water partition coefficient (Wildman–Crippen LogP) is 2.57. The lowest BCUT2D eigenvalue weighted by Crippen LogP contribution is -2.43. The highest BCUT2D eigenvalue weighted by atomic mass is 16.5. The first kappa shape index (κ1) is 20.6. The molecule has 29 heavy (non-hydrogen) atoms. The van der Waals surface area contributed by atoms with Crippen molar-refractivity contribution >= 4 is 17.4 Å². The molecule has 3 rings (SSSR count). The van der Waals surface area contributed by atoms with Gasteiger partial charge >= 0.3 is 0 Å². The minimum atomic E-state index is -0.284. The van der Waals surface area contributed by atoms with Crippen LogP contribution in [0, 0.1) is 0 Å². The SMILES string of the molecule is COc1ccc2c(c1)/C(=C/C(=O)c1ccc(C(=O)NCCO)cc1)NC(C)(C)C2. The minimum absolute atomic E-state index is 0.120. The lowest BCUT2D eigenvalue weighted by molar-refractivity contribution is 0.0943. The van der Waals surface area contributed by atoms with Crippen LogP contribution in [0.3, 0.4) is 0 Å². The van der Waals surface area contributed by atoms with Crippen LogP contribution in [0.4, 0.5) is 0 Å². The molecule has 0 aromatic heterocycles. The molecule has 0 radical (unpaired) electrons. The average Bonchev–Trinajstić information content (AvgIpc) is 2.71. The Morgan fingerprint density at radius 1 is 1.17 bits per heavy atom. The molecule has 0 fully saturated rings. The third-order valence-electron chi connectivity index (χ3n) is 4.82. The van der Waals surface area contributed by atoms with E-state index in [1.807, 2.05) is 18.2 Å². The first-order chi connectivity index (χ1) is 13.8. The molecule has 6 heteroatoms. The predicted molar refractivity (Wildman–Crippen MR) is 112 cm³/mol. The Labute approximate surface area is 170 Å². The number of hydrogen-bond acceptors (Lipinski definition) is 5. The fourth-order valence-electron chi connectivity index (χ4n) is 3.43. The van der Waals surface area contributed by atoms with E-state index in [-0.39, 0.29) is 30.4 Å². The van der Waals surface area contributed by atoms with Crippen molar-refractivity contribution in [2.75, 3.05) is 20.3 Å². The molecule has 152 valence electrons. The topological polar surface area (TPSA) is 87.7 Å². The number of carbonyl (C=O) groups excluding carboxylic acids is 2. The summed E-state index contributed by atoms with van der Waals surface area (Å²) >= 11 is 0. The Bertz CT molecular complexity index is 946. The maximum Gasteiger partial charge on any atom is 0.251 e. The highest BCUT2D eigenvalue weighted by molar-refractivity contribution is 6.09. The van der Waals surface area contributed by atoms with Crippen LogP contribution in [0.1, 0.15) is 45.7 Å². The molecular weight excluding hydrogens is 368 g/mol. The number of benzene rings is 2. The number of fused-ring (bicyclic) bond motifs is 1. The fraction of sp³-hybridized carbons (Fsp3) is 0.304. The van der Waals surface area contributed by atoms with E-state index < -0.39 is 0 Å². The maximum absolute atomic E-state index is 12.9. The summed E-state index contributed by atoms with van der Waals surface area (Å²) in [6, 6.07) is 12.4. The van der Waals surface area contributed by atoms with Crippen LogP contribution < -0.4 is 15.4 Å². The van der Waals surface area contributed by atoms with Crippen LogP contribution in [-0.4, -0.2) is 42.6 Å². The van der Waals surface area contributed by atoms with Gasteiger partial charge in [-0.25, -0.2) is 0 Å². The first-order valence-electron chi connectivity index (χ1n) is 9.53. The van der Waals surface area contributed by atoms with Gasteiger partial charge in [-0.1, -0.05) is 18.2 Å². The molecule has 1 amide bonds. The maximum atomic E-state index is 12.9. The Hall–Kier alpha value is -3.12. The van der Waals surface area contributed by atoms with Crippen molar-refractivity contribution in [1.29, 1.82) is 0 Å². The van der Waals surface area contributed by atoms with Gasteiger partial charge in [-0.05, 0) is 50.1 Å². The third kappa shape index (κ3) is 4.84. The summed E-state index contributed by atoms with van der Waals surface area (Å²) in [6.45, 7) is 4.26. The van der Waals surface area contributed by atoms with Gasteiger partial charge in [0.1, 0.15) is 5.75 Å². The lowest BCUT2D eigenvalue weighted by Gasteiger charge is -2.35. The molecule has 1 aliphatic rings. The van der Waals surface area contributed by atoms with E-state index in [9.17, 15) is 9.59 Å². The van der Waals surface area contributed by atoms with Crippen LogP contribution in [0.15, 0.2) is 48.5 Å². The molecule has 1 aliphatic heterocycles. The van der Waals surface area contributed by atoms with Gasteiger partial charge in [0.2, 0.25) is 0 Å². The van der Waals surface area contributed by atoms with E-state index in [0.29, 0.717) is 11.1 Å². The third-order valence-corrected chi connectivity index (χ3v) is 4.82. The van der Waals surface area contributed by atoms with Crippen molar-refractivity contribution in [3.63, 3.8) is 0 Å². The summed E-state index contributed by atoms with van der Waals surface area (Å²) in [5.41, 5.74) is 3.62. The van der Waals surface area contributed by atoms with E-state index in [1.165, 1.54) is 0 Å². The highest BCUT2D eigenvalue weighted by Gasteiger charge is 2.28. The second-order valence-corrected chi connectivity index (χ2v) is 7.69. The minimum Gasteiger partial charge on any atom is -0.497 e. The molecule has 3 N–H and O–H groups in total. The Balaban J connectivity index is 1.87. The van der Waals surface area contributed by atoms with Crippen LogP contribution in [0.2, 0.25) is 0 Å². The molecular formula is C23H26N2O4. The number of rotatable bonds is 6. The number of hydrogen-bond donors (Lipinski definition) is 3. The fourth-order valence-corrected chi connectivity index (χ4v) is 3.43. The molecule has 2 aromatic carbocycles. The number of allylic oxidation sites excluding steroid dienone is 1. The second kappa shape index (κ2) is 8.49. The van der Waals surface area contributed by atoms with Crippen LogP contribution in [0.5, 0.6) is 5.75 Å². The molecule has 0 spiro atoms. The molecule has 0 saturated carbocycles. The molecule has 0 aliphatic carbocycles. The van der Waals surface area contributed by atoms with Gasteiger partial charge in [0.05, 0.1) is 13.7 Å². The van der Waals surface area contributed by atoms with Gasteiger partial charge < -0.3 is 20.5 Å². The zero-order valence-corrected chi connectivity index (χ0v) is 16.9. The quantitative estimate of drug-likeness (QED) is 0.518. The summed E-state index contributed by atoms with van der Waals surface area (Å²) in [5.74, 6) is 0.302. The molecule has 0 saturated heterocycles. The zero-order valence-electron chi connectivity index (χ0n) is 16.9. The van der Waals surface area contributed by atoms with E-state index in [4.69, 9.17) is 9.84 Å². The Morgan fingerprint density at radius 2 is 1.86 bits per heavy atom. The van der Waals surface area contributed by atoms with Gasteiger partial charge in [0.15, 0.2) is 5.78 Å². The molecule has 6 nitrogen and oxygen atoms in total. The van der Waals surface area contributed by atoms with Gasteiger partial charge in [0.25, 0.3) is 5.91 Å². The van der Waals surface area contributed by atoms with E-state index in [0.717, 1.165) is 29.0 Å². The highest BCUT2D eigenvalue weighted by Crippen LogP contribution is 2.32. The molecule has 2 aromatic rings. The number of carbonyl (C=O) groups is 2. The lowest BCUT2D eigenvalue weighted by atomic mass is 9.85. The van der Waals surface area contributed by atoms with Crippen LogP contribution in [0.25, 0.3) is 5.70 Å². The van der Waals surface area contributed by atoms with Crippen molar-refractivity contribution in [2.24, 2.45) is 0 Å². The Morgan fingerprint density at radius 3 is 2.52 bits per heavy atom. The van der Waals surface area contributed by atoms with Crippen molar-refractivity contribution < 1.29 is 19.4 Å². The van der Waals surface area contributed by atoms with E-state index >= 15 is 0 Å². The van der Waals surface area contributed by atoms with E-state index in [2.05, 4.69) is 24.5 Å². The van der Waals surface area contributed by atoms with Crippen LogP contribution in [-0.2, 0) is 6.42 Å². The summed E-state index contributed by atoms with van der Waals surface area (Å²) in [4.78, 5) is 24.8. The number of amides is 1. The average molecular weight is 394 g/mol. The number of nitrogens with one attached hydrogen (secondary N) is 2.